The van der Waals surface area contributed by atoms with Crippen molar-refractivity contribution in [1.82, 2.24) is 15.0 Å². The first kappa shape index (κ1) is 14.2. The zero-order valence-electron chi connectivity index (χ0n) is 10.9. The molecular weight excluding hydrogens is 328 g/mol. The van der Waals surface area contributed by atoms with Crippen molar-refractivity contribution in [3.63, 3.8) is 0 Å². The Balaban J connectivity index is 2.65. The van der Waals surface area contributed by atoms with E-state index in [-0.39, 0.29) is 5.92 Å². The van der Waals surface area contributed by atoms with Gasteiger partial charge in [0.25, 0.3) is 0 Å². The molecule has 0 amide bonds. The van der Waals surface area contributed by atoms with E-state index in [2.05, 4.69) is 50.0 Å². The molecule has 2 rings (SSSR count). The number of hydrogen-bond acceptors (Lipinski definition) is 4. The fraction of sp³-hybridized carbons (Fsp3) is 0.308. The van der Waals surface area contributed by atoms with Gasteiger partial charge >= 0.3 is 0 Å². The predicted molar refractivity (Wildman–Crippen MR) is 81.6 cm³/mol. The number of halogens is 2. The van der Waals surface area contributed by atoms with Crippen LogP contribution in [0.1, 0.15) is 25.5 Å². The number of pyridine rings is 1. The van der Waals surface area contributed by atoms with Crippen LogP contribution in [0.2, 0.25) is 5.02 Å². The molecular formula is C13H14BrClN4. The van der Waals surface area contributed by atoms with E-state index in [0.717, 1.165) is 16.0 Å². The monoisotopic (exact) mass is 340 g/mol. The van der Waals surface area contributed by atoms with Gasteiger partial charge in [0.2, 0.25) is 0 Å². The highest BCUT2D eigenvalue weighted by atomic mass is 79.9. The first-order valence-corrected chi connectivity index (χ1v) is 7.07. The highest BCUT2D eigenvalue weighted by Gasteiger charge is 2.17. The van der Waals surface area contributed by atoms with Crippen molar-refractivity contribution in [1.29, 1.82) is 0 Å². The summed E-state index contributed by atoms with van der Waals surface area (Å²) in [4.78, 5) is 13.3. The standard InChI is InChI=1S/C13H14BrClN4/c1-7(2)10-9(14)12(16-3)19-13(18-10)11-8(15)5-4-6-17-11/h4-7H,1-3H3,(H,16,18,19). The summed E-state index contributed by atoms with van der Waals surface area (Å²) in [5.74, 6) is 1.53. The van der Waals surface area contributed by atoms with Crippen LogP contribution in [0, 0.1) is 0 Å². The van der Waals surface area contributed by atoms with Crippen LogP contribution in [0.5, 0.6) is 0 Å². The first-order valence-electron chi connectivity index (χ1n) is 5.90. The second-order valence-corrected chi connectivity index (χ2v) is 5.53. The van der Waals surface area contributed by atoms with Gasteiger partial charge in [0.1, 0.15) is 11.5 Å². The molecule has 6 heteroatoms. The average Bonchev–Trinajstić information content (AvgIpc) is 2.39. The molecule has 0 bridgehead atoms. The maximum atomic E-state index is 6.15. The minimum Gasteiger partial charge on any atom is -0.372 e. The second-order valence-electron chi connectivity index (χ2n) is 4.33. The zero-order valence-corrected chi connectivity index (χ0v) is 13.2. The molecule has 0 unspecified atom stereocenters. The Morgan fingerprint density at radius 1 is 1.32 bits per heavy atom. The Hall–Kier alpha value is -1.20. The predicted octanol–water partition coefficient (Wildman–Crippen LogP) is 4.12. The van der Waals surface area contributed by atoms with Gasteiger partial charge in [-0.3, -0.25) is 4.98 Å². The molecule has 0 aliphatic rings. The summed E-state index contributed by atoms with van der Waals surface area (Å²) in [5.41, 5.74) is 1.52. The molecule has 1 N–H and O–H groups in total. The Labute approximate surface area is 125 Å². The lowest BCUT2D eigenvalue weighted by atomic mass is 10.1. The normalized spacial score (nSPS) is 10.8. The molecule has 0 radical (unpaired) electrons. The molecule has 4 nitrogen and oxygen atoms in total. The molecule has 2 heterocycles. The van der Waals surface area contributed by atoms with E-state index in [4.69, 9.17) is 11.6 Å². The third-order valence-corrected chi connectivity index (χ3v) is 3.72. The first-order chi connectivity index (χ1) is 9.04. The van der Waals surface area contributed by atoms with Crippen LogP contribution in [0.4, 0.5) is 5.82 Å². The number of aromatic nitrogens is 3. The smallest absolute Gasteiger partial charge is 0.182 e. The molecule has 100 valence electrons. The van der Waals surface area contributed by atoms with Gasteiger partial charge in [0.15, 0.2) is 5.82 Å². The Bertz CT molecular complexity index is 601. The van der Waals surface area contributed by atoms with Crippen molar-refractivity contribution in [2.45, 2.75) is 19.8 Å². The van der Waals surface area contributed by atoms with E-state index in [9.17, 15) is 0 Å². The average molecular weight is 342 g/mol. The Kier molecular flexibility index (Phi) is 4.37. The van der Waals surface area contributed by atoms with Crippen molar-refractivity contribution in [2.75, 3.05) is 12.4 Å². The number of anilines is 1. The lowest BCUT2D eigenvalue weighted by molar-refractivity contribution is 0.809. The summed E-state index contributed by atoms with van der Waals surface area (Å²) < 4.78 is 0.876. The maximum Gasteiger partial charge on any atom is 0.182 e. The fourth-order valence-corrected chi connectivity index (χ4v) is 2.71. The van der Waals surface area contributed by atoms with E-state index < -0.39 is 0 Å². The molecule has 0 atom stereocenters. The Morgan fingerprint density at radius 3 is 2.63 bits per heavy atom. The van der Waals surface area contributed by atoms with Crippen molar-refractivity contribution >= 4 is 33.3 Å². The third-order valence-electron chi connectivity index (χ3n) is 2.63. The second kappa shape index (κ2) is 5.84. The lowest BCUT2D eigenvalue weighted by Gasteiger charge is -2.13. The summed E-state index contributed by atoms with van der Waals surface area (Å²) in [6.07, 6.45) is 1.68. The number of nitrogens with one attached hydrogen (secondary N) is 1. The molecule has 0 saturated heterocycles. The van der Waals surface area contributed by atoms with Crippen LogP contribution in [0.25, 0.3) is 11.5 Å². The lowest BCUT2D eigenvalue weighted by Crippen LogP contribution is -2.05. The molecule has 2 aromatic heterocycles. The van der Waals surface area contributed by atoms with Gasteiger partial charge in [-0.05, 0) is 34.0 Å². The van der Waals surface area contributed by atoms with Gasteiger partial charge in [-0.2, -0.15) is 0 Å². The molecule has 0 spiro atoms. The summed E-state index contributed by atoms with van der Waals surface area (Å²) in [5, 5.41) is 3.59. The van der Waals surface area contributed by atoms with Gasteiger partial charge in [0.05, 0.1) is 15.2 Å². The number of rotatable bonds is 3. The highest BCUT2D eigenvalue weighted by molar-refractivity contribution is 9.10. The van der Waals surface area contributed by atoms with Crippen LogP contribution in [0.15, 0.2) is 22.8 Å². The summed E-state index contributed by atoms with van der Waals surface area (Å²) in [6, 6.07) is 3.57. The number of nitrogens with zero attached hydrogens (tertiary/aromatic N) is 3. The van der Waals surface area contributed by atoms with Crippen LogP contribution in [-0.4, -0.2) is 22.0 Å². The molecule has 0 fully saturated rings. The molecule has 0 aliphatic carbocycles. The van der Waals surface area contributed by atoms with Crippen molar-refractivity contribution in [2.24, 2.45) is 0 Å². The van der Waals surface area contributed by atoms with Gasteiger partial charge in [-0.15, -0.1) is 0 Å². The van der Waals surface area contributed by atoms with Gasteiger partial charge in [0, 0.05) is 13.2 Å². The van der Waals surface area contributed by atoms with Gasteiger partial charge < -0.3 is 5.32 Å². The van der Waals surface area contributed by atoms with E-state index >= 15 is 0 Å². The minimum atomic E-state index is 0.269. The third kappa shape index (κ3) is 2.87. The van der Waals surface area contributed by atoms with Crippen LogP contribution >= 0.6 is 27.5 Å². The highest BCUT2D eigenvalue weighted by Crippen LogP contribution is 2.32. The topological polar surface area (TPSA) is 50.7 Å². The summed E-state index contributed by atoms with van der Waals surface area (Å²) >= 11 is 9.68. The van der Waals surface area contributed by atoms with Crippen LogP contribution < -0.4 is 5.32 Å². The summed E-state index contributed by atoms with van der Waals surface area (Å²) in [6.45, 7) is 4.16. The van der Waals surface area contributed by atoms with E-state index in [1.807, 2.05) is 7.05 Å². The number of hydrogen-bond donors (Lipinski definition) is 1. The molecule has 19 heavy (non-hydrogen) atoms. The van der Waals surface area contributed by atoms with Gasteiger partial charge in [-0.25, -0.2) is 9.97 Å². The summed E-state index contributed by atoms with van der Waals surface area (Å²) in [7, 11) is 1.82. The fourth-order valence-electron chi connectivity index (χ4n) is 1.67. The molecule has 0 aromatic carbocycles. The van der Waals surface area contributed by atoms with Crippen molar-refractivity contribution < 1.29 is 0 Å². The molecule has 0 saturated carbocycles. The van der Waals surface area contributed by atoms with E-state index in [0.29, 0.717) is 16.5 Å². The molecule has 2 aromatic rings. The SMILES string of the molecule is CNc1nc(-c2ncccc2Cl)nc(C(C)C)c1Br. The quantitative estimate of drug-likeness (QED) is 0.912. The van der Waals surface area contributed by atoms with E-state index in [1.165, 1.54) is 0 Å². The minimum absolute atomic E-state index is 0.269. The van der Waals surface area contributed by atoms with E-state index in [1.54, 1.807) is 18.3 Å². The maximum absolute atomic E-state index is 6.15. The van der Waals surface area contributed by atoms with Crippen LogP contribution in [0.3, 0.4) is 0 Å². The zero-order chi connectivity index (χ0) is 14.0. The van der Waals surface area contributed by atoms with Crippen molar-refractivity contribution in [3.05, 3.63) is 33.5 Å². The van der Waals surface area contributed by atoms with Gasteiger partial charge in [-0.1, -0.05) is 25.4 Å². The Morgan fingerprint density at radius 2 is 2.05 bits per heavy atom. The molecule has 0 aliphatic heterocycles. The largest absolute Gasteiger partial charge is 0.372 e. The van der Waals surface area contributed by atoms with Crippen molar-refractivity contribution in [3.8, 4) is 11.5 Å². The van der Waals surface area contributed by atoms with Crippen LogP contribution in [-0.2, 0) is 0 Å².